The Hall–Kier alpha value is -2.04. The number of carbonyl (C=O) groups excluding carboxylic acids is 2. The maximum absolute atomic E-state index is 11.9. The summed E-state index contributed by atoms with van der Waals surface area (Å²) in [6, 6.07) is 7.82. The first kappa shape index (κ1) is 18.3. The van der Waals surface area contributed by atoms with E-state index in [2.05, 4.69) is 10.2 Å². The van der Waals surface area contributed by atoms with Gasteiger partial charge in [-0.05, 0) is 48.9 Å². The van der Waals surface area contributed by atoms with E-state index in [1.807, 2.05) is 45.0 Å². The van der Waals surface area contributed by atoms with Crippen LogP contribution in [0.5, 0.6) is 0 Å². The minimum absolute atomic E-state index is 0.141. The summed E-state index contributed by atoms with van der Waals surface area (Å²) in [4.78, 5) is 25.9. The van der Waals surface area contributed by atoms with Gasteiger partial charge in [0.25, 0.3) is 5.91 Å². The second-order valence-electron chi connectivity index (χ2n) is 7.54. The summed E-state index contributed by atoms with van der Waals surface area (Å²) in [5, 5.41) is 2.76. The van der Waals surface area contributed by atoms with Crippen molar-refractivity contribution in [3.63, 3.8) is 0 Å². The van der Waals surface area contributed by atoms with Crippen LogP contribution in [0.2, 0.25) is 0 Å². The van der Waals surface area contributed by atoms with E-state index < -0.39 is 0 Å². The van der Waals surface area contributed by atoms with E-state index >= 15 is 0 Å². The van der Waals surface area contributed by atoms with E-state index in [1.165, 1.54) is 24.9 Å². The molecule has 0 saturated carbocycles. The summed E-state index contributed by atoms with van der Waals surface area (Å²) in [5.74, 6) is -0.666. The fourth-order valence-electron chi connectivity index (χ4n) is 2.73. The number of carbonyl (C=O) groups is 2. The van der Waals surface area contributed by atoms with Crippen LogP contribution >= 0.6 is 0 Å². The Morgan fingerprint density at radius 3 is 2.29 bits per heavy atom. The molecule has 1 saturated heterocycles. The molecule has 0 atom stereocenters. The van der Waals surface area contributed by atoms with Gasteiger partial charge in [-0.2, -0.15) is 0 Å². The van der Waals surface area contributed by atoms with Crippen molar-refractivity contribution in [1.29, 1.82) is 0 Å². The van der Waals surface area contributed by atoms with Crippen molar-refractivity contribution in [2.24, 2.45) is 5.41 Å². The highest BCUT2D eigenvalue weighted by Gasteiger charge is 2.18. The number of hydrogen-bond donors (Lipinski definition) is 1. The monoisotopic (exact) mass is 332 g/mol. The minimum atomic E-state index is -0.349. The molecule has 1 aromatic rings. The molecule has 0 radical (unpaired) electrons. The normalized spacial score (nSPS) is 15.0. The van der Waals surface area contributed by atoms with E-state index in [9.17, 15) is 9.59 Å². The molecular formula is C19H28N2O3. The van der Waals surface area contributed by atoms with Crippen molar-refractivity contribution in [2.75, 3.05) is 29.9 Å². The third-order valence-electron chi connectivity index (χ3n) is 3.91. The Labute approximate surface area is 144 Å². The Morgan fingerprint density at radius 2 is 1.71 bits per heavy atom. The number of anilines is 2. The largest absolute Gasteiger partial charge is 0.456 e. The van der Waals surface area contributed by atoms with Crippen LogP contribution in [0.25, 0.3) is 0 Å². The van der Waals surface area contributed by atoms with Gasteiger partial charge in [0.15, 0.2) is 6.61 Å². The Morgan fingerprint density at radius 1 is 1.08 bits per heavy atom. The van der Waals surface area contributed by atoms with Gasteiger partial charge in [0.1, 0.15) is 0 Å². The van der Waals surface area contributed by atoms with E-state index in [0.29, 0.717) is 12.1 Å². The third-order valence-corrected chi connectivity index (χ3v) is 3.91. The van der Waals surface area contributed by atoms with Crippen LogP contribution in [0.4, 0.5) is 11.4 Å². The van der Waals surface area contributed by atoms with Gasteiger partial charge >= 0.3 is 5.97 Å². The van der Waals surface area contributed by atoms with Gasteiger partial charge < -0.3 is 15.0 Å². The zero-order chi connectivity index (χ0) is 17.6. The molecule has 1 aliphatic rings. The van der Waals surface area contributed by atoms with Crippen LogP contribution in [0.15, 0.2) is 24.3 Å². The number of hydrogen-bond acceptors (Lipinski definition) is 4. The number of ether oxygens (including phenoxy) is 1. The van der Waals surface area contributed by atoms with Crippen molar-refractivity contribution in [2.45, 2.75) is 46.5 Å². The summed E-state index contributed by atoms with van der Waals surface area (Å²) in [7, 11) is 0. The van der Waals surface area contributed by atoms with Crippen LogP contribution in [0, 0.1) is 5.41 Å². The van der Waals surface area contributed by atoms with Crippen LogP contribution < -0.4 is 10.2 Å². The predicted molar refractivity (Wildman–Crippen MR) is 96.2 cm³/mol. The molecule has 5 heteroatoms. The van der Waals surface area contributed by atoms with E-state index in [1.54, 1.807) is 0 Å². The van der Waals surface area contributed by atoms with Crippen molar-refractivity contribution in [3.8, 4) is 0 Å². The molecule has 2 rings (SSSR count). The SMILES string of the molecule is CC(C)(C)CC(=O)OCC(=O)Nc1ccc(N2CCCCC2)cc1. The molecule has 0 bridgehead atoms. The van der Waals surface area contributed by atoms with E-state index in [-0.39, 0.29) is 23.9 Å². The quantitative estimate of drug-likeness (QED) is 0.837. The number of esters is 1. The molecular weight excluding hydrogens is 304 g/mol. The maximum Gasteiger partial charge on any atom is 0.306 e. The van der Waals surface area contributed by atoms with Gasteiger partial charge in [-0.1, -0.05) is 20.8 Å². The molecule has 1 fully saturated rings. The van der Waals surface area contributed by atoms with Crippen LogP contribution in [-0.4, -0.2) is 31.6 Å². The van der Waals surface area contributed by atoms with Crippen molar-refractivity contribution < 1.29 is 14.3 Å². The average Bonchev–Trinajstić information content (AvgIpc) is 2.53. The molecule has 5 nitrogen and oxygen atoms in total. The number of benzene rings is 1. The van der Waals surface area contributed by atoms with Crippen LogP contribution in [0.3, 0.4) is 0 Å². The van der Waals surface area contributed by atoms with Crippen LogP contribution in [-0.2, 0) is 14.3 Å². The second kappa shape index (κ2) is 8.18. The number of nitrogens with one attached hydrogen (secondary N) is 1. The van der Waals surface area contributed by atoms with Crippen LogP contribution in [0.1, 0.15) is 46.5 Å². The molecule has 1 N–H and O–H groups in total. The zero-order valence-corrected chi connectivity index (χ0v) is 14.9. The van der Waals surface area contributed by atoms with Crippen molar-refractivity contribution in [3.05, 3.63) is 24.3 Å². The van der Waals surface area contributed by atoms with Crippen molar-refractivity contribution >= 4 is 23.3 Å². The molecule has 1 amide bonds. The molecule has 24 heavy (non-hydrogen) atoms. The lowest BCUT2D eigenvalue weighted by molar-refractivity contribution is -0.149. The predicted octanol–water partition coefficient (Wildman–Crippen LogP) is 3.59. The first-order valence-electron chi connectivity index (χ1n) is 8.64. The van der Waals surface area contributed by atoms with Gasteiger partial charge in [-0.15, -0.1) is 0 Å². The molecule has 0 spiro atoms. The number of amides is 1. The summed E-state index contributed by atoms with van der Waals surface area (Å²) >= 11 is 0. The maximum atomic E-state index is 11.9. The standard InChI is InChI=1S/C19H28N2O3/c1-19(2,3)13-18(23)24-14-17(22)20-15-7-9-16(10-8-15)21-11-5-4-6-12-21/h7-10H,4-6,11-14H2,1-3H3,(H,20,22). The highest BCUT2D eigenvalue weighted by atomic mass is 16.5. The average molecular weight is 332 g/mol. The zero-order valence-electron chi connectivity index (χ0n) is 14.9. The van der Waals surface area contributed by atoms with E-state index in [4.69, 9.17) is 4.74 Å². The summed E-state index contributed by atoms with van der Waals surface area (Å²) in [5.41, 5.74) is 1.76. The number of piperidine rings is 1. The molecule has 1 aromatic carbocycles. The molecule has 1 aliphatic heterocycles. The summed E-state index contributed by atoms with van der Waals surface area (Å²) in [6.07, 6.45) is 4.07. The molecule has 0 aromatic heterocycles. The van der Waals surface area contributed by atoms with Gasteiger partial charge in [0, 0.05) is 24.5 Å². The number of nitrogens with zero attached hydrogens (tertiary/aromatic N) is 1. The molecule has 132 valence electrons. The lowest BCUT2D eigenvalue weighted by atomic mass is 9.92. The summed E-state index contributed by atoms with van der Waals surface area (Å²) < 4.78 is 5.01. The Balaban J connectivity index is 1.78. The Kier molecular flexibility index (Phi) is 6.23. The molecule has 0 aliphatic carbocycles. The van der Waals surface area contributed by atoms with Gasteiger partial charge in [-0.25, -0.2) is 0 Å². The lowest BCUT2D eigenvalue weighted by Crippen LogP contribution is -2.29. The second-order valence-corrected chi connectivity index (χ2v) is 7.54. The lowest BCUT2D eigenvalue weighted by Gasteiger charge is -2.28. The fourth-order valence-corrected chi connectivity index (χ4v) is 2.73. The van der Waals surface area contributed by atoms with Crippen molar-refractivity contribution in [1.82, 2.24) is 0 Å². The minimum Gasteiger partial charge on any atom is -0.456 e. The van der Waals surface area contributed by atoms with Gasteiger partial charge in [0.2, 0.25) is 0 Å². The fraction of sp³-hybridized carbons (Fsp3) is 0.579. The number of rotatable bonds is 5. The molecule has 0 unspecified atom stereocenters. The molecule has 1 heterocycles. The van der Waals surface area contributed by atoms with Gasteiger partial charge in [0.05, 0.1) is 6.42 Å². The topological polar surface area (TPSA) is 58.6 Å². The smallest absolute Gasteiger partial charge is 0.306 e. The highest BCUT2D eigenvalue weighted by molar-refractivity contribution is 5.93. The van der Waals surface area contributed by atoms with Gasteiger partial charge in [-0.3, -0.25) is 9.59 Å². The third kappa shape index (κ3) is 6.22. The van der Waals surface area contributed by atoms with E-state index in [0.717, 1.165) is 13.1 Å². The Bertz CT molecular complexity index is 555. The summed E-state index contributed by atoms with van der Waals surface area (Å²) in [6.45, 7) is 7.81. The highest BCUT2D eigenvalue weighted by Crippen LogP contribution is 2.22. The first-order valence-corrected chi connectivity index (χ1v) is 8.64. The first-order chi connectivity index (χ1) is 11.3.